The van der Waals surface area contributed by atoms with Crippen LogP contribution in [0.15, 0.2) is 103 Å². The zero-order chi connectivity index (χ0) is 21.5. The summed E-state index contributed by atoms with van der Waals surface area (Å²) in [4.78, 5) is 12.6. The van der Waals surface area contributed by atoms with Crippen LogP contribution in [-0.4, -0.2) is 12.5 Å². The van der Waals surface area contributed by atoms with Gasteiger partial charge in [0.1, 0.15) is 17.2 Å². The third kappa shape index (κ3) is 5.31. The van der Waals surface area contributed by atoms with Crippen molar-refractivity contribution in [3.63, 3.8) is 0 Å². The van der Waals surface area contributed by atoms with Gasteiger partial charge < -0.3 is 14.8 Å². The molecule has 0 atom stereocenters. The second-order valence-electron chi connectivity index (χ2n) is 6.93. The number of anilines is 1. The van der Waals surface area contributed by atoms with Crippen LogP contribution in [-0.2, 0) is 0 Å². The molecule has 0 aliphatic carbocycles. The third-order valence-corrected chi connectivity index (χ3v) is 4.74. The van der Waals surface area contributed by atoms with E-state index in [1.165, 1.54) is 0 Å². The number of carbonyl (C=O) groups excluding carboxylic acids is 1. The van der Waals surface area contributed by atoms with E-state index in [0.29, 0.717) is 23.6 Å². The highest BCUT2D eigenvalue weighted by Gasteiger charge is 2.07. The smallest absolute Gasteiger partial charge is 0.255 e. The summed E-state index contributed by atoms with van der Waals surface area (Å²) >= 11 is 0. The molecule has 4 aromatic rings. The number of hydrogen-bond donors (Lipinski definition) is 1. The molecule has 0 heterocycles. The number of benzene rings is 4. The molecule has 0 spiro atoms. The van der Waals surface area contributed by atoms with Gasteiger partial charge in [0, 0.05) is 11.3 Å². The molecule has 1 amide bonds. The van der Waals surface area contributed by atoms with Gasteiger partial charge in [-0.25, -0.2) is 0 Å². The van der Waals surface area contributed by atoms with Gasteiger partial charge in [0.05, 0.1) is 6.61 Å². The van der Waals surface area contributed by atoms with Crippen LogP contribution in [0.3, 0.4) is 0 Å². The summed E-state index contributed by atoms with van der Waals surface area (Å²) in [5.41, 5.74) is 3.51. The first-order valence-corrected chi connectivity index (χ1v) is 10.2. The molecule has 0 aliphatic rings. The zero-order valence-electron chi connectivity index (χ0n) is 17.2. The Labute approximate surface area is 182 Å². The lowest BCUT2D eigenvalue weighted by atomic mass is 10.0. The molecule has 4 aromatic carbocycles. The van der Waals surface area contributed by atoms with E-state index < -0.39 is 0 Å². The van der Waals surface area contributed by atoms with Gasteiger partial charge in [-0.15, -0.1) is 0 Å². The summed E-state index contributed by atoms with van der Waals surface area (Å²) in [5.74, 6) is 2.07. The first-order chi connectivity index (χ1) is 15.2. The molecule has 0 bridgehead atoms. The number of hydrogen-bond acceptors (Lipinski definition) is 3. The molecule has 0 radical (unpaired) electrons. The fraction of sp³-hybridized carbons (Fsp3) is 0.0741. The van der Waals surface area contributed by atoms with Crippen molar-refractivity contribution in [3.8, 4) is 28.4 Å². The molecule has 4 heteroatoms. The SMILES string of the molecule is CCOc1ccc(Oc2ccc(NC(=O)c3ccc(-c4ccccc4)cc3)cc2)cc1. The van der Waals surface area contributed by atoms with Gasteiger partial charge in [0.2, 0.25) is 0 Å². The zero-order valence-corrected chi connectivity index (χ0v) is 17.2. The van der Waals surface area contributed by atoms with Crippen LogP contribution in [0.4, 0.5) is 5.69 Å². The number of rotatable bonds is 7. The van der Waals surface area contributed by atoms with Gasteiger partial charge in [0.15, 0.2) is 0 Å². The number of nitrogens with one attached hydrogen (secondary N) is 1. The standard InChI is InChI=1S/C27H23NO3/c1-2-30-24-16-18-26(19-17-24)31-25-14-12-23(13-15-25)28-27(29)22-10-8-21(9-11-22)20-6-4-3-5-7-20/h3-19H,2H2,1H3,(H,28,29). The fourth-order valence-corrected chi connectivity index (χ4v) is 3.16. The molecular weight excluding hydrogens is 386 g/mol. The number of carbonyl (C=O) groups is 1. The molecule has 31 heavy (non-hydrogen) atoms. The van der Waals surface area contributed by atoms with E-state index >= 15 is 0 Å². The summed E-state index contributed by atoms with van der Waals surface area (Å²) < 4.78 is 11.3. The van der Waals surface area contributed by atoms with E-state index in [0.717, 1.165) is 22.6 Å². The summed E-state index contributed by atoms with van der Waals surface area (Å²) in [5, 5.41) is 2.92. The third-order valence-electron chi connectivity index (χ3n) is 4.74. The molecular formula is C27H23NO3. The summed E-state index contributed by atoms with van der Waals surface area (Å²) in [7, 11) is 0. The normalized spacial score (nSPS) is 10.4. The van der Waals surface area contributed by atoms with E-state index in [4.69, 9.17) is 9.47 Å². The Morgan fingerprint density at radius 2 is 1.23 bits per heavy atom. The highest BCUT2D eigenvalue weighted by atomic mass is 16.5. The van der Waals surface area contributed by atoms with Gasteiger partial charge in [0.25, 0.3) is 5.91 Å². The first kappa shape index (κ1) is 20.2. The van der Waals surface area contributed by atoms with Crippen molar-refractivity contribution in [3.05, 3.63) is 109 Å². The quantitative estimate of drug-likeness (QED) is 0.365. The Bertz CT molecular complexity index is 1120. The van der Waals surface area contributed by atoms with Crippen LogP contribution in [0.2, 0.25) is 0 Å². The van der Waals surface area contributed by atoms with Crippen molar-refractivity contribution in [2.24, 2.45) is 0 Å². The number of amides is 1. The average molecular weight is 409 g/mol. The van der Waals surface area contributed by atoms with E-state index in [-0.39, 0.29) is 5.91 Å². The predicted octanol–water partition coefficient (Wildman–Crippen LogP) is 6.80. The lowest BCUT2D eigenvalue weighted by Gasteiger charge is -2.09. The van der Waals surface area contributed by atoms with Crippen LogP contribution in [0, 0.1) is 0 Å². The maximum absolute atomic E-state index is 12.6. The van der Waals surface area contributed by atoms with Crippen molar-refractivity contribution in [2.45, 2.75) is 6.92 Å². The molecule has 0 saturated carbocycles. The minimum Gasteiger partial charge on any atom is -0.494 e. The van der Waals surface area contributed by atoms with Crippen molar-refractivity contribution in [1.82, 2.24) is 0 Å². The van der Waals surface area contributed by atoms with Crippen LogP contribution >= 0.6 is 0 Å². The lowest BCUT2D eigenvalue weighted by molar-refractivity contribution is 0.102. The predicted molar refractivity (Wildman–Crippen MR) is 124 cm³/mol. The van der Waals surface area contributed by atoms with E-state index in [1.54, 1.807) is 0 Å². The highest BCUT2D eigenvalue weighted by molar-refractivity contribution is 6.04. The second-order valence-corrected chi connectivity index (χ2v) is 6.93. The topological polar surface area (TPSA) is 47.6 Å². The molecule has 0 aromatic heterocycles. The summed E-state index contributed by atoms with van der Waals surface area (Å²) in [6.07, 6.45) is 0. The van der Waals surface area contributed by atoms with Gasteiger partial charge >= 0.3 is 0 Å². The van der Waals surface area contributed by atoms with E-state index in [2.05, 4.69) is 5.32 Å². The van der Waals surface area contributed by atoms with E-state index in [9.17, 15) is 4.79 Å². The minimum atomic E-state index is -0.153. The van der Waals surface area contributed by atoms with Gasteiger partial charge in [-0.05, 0) is 78.7 Å². The Kier molecular flexibility index (Phi) is 6.29. The van der Waals surface area contributed by atoms with Crippen LogP contribution < -0.4 is 14.8 Å². The molecule has 0 saturated heterocycles. The Morgan fingerprint density at radius 1 is 0.677 bits per heavy atom. The Morgan fingerprint density at radius 3 is 1.84 bits per heavy atom. The first-order valence-electron chi connectivity index (χ1n) is 10.2. The van der Waals surface area contributed by atoms with Crippen molar-refractivity contribution < 1.29 is 14.3 Å². The maximum atomic E-state index is 12.6. The van der Waals surface area contributed by atoms with Crippen molar-refractivity contribution in [1.29, 1.82) is 0 Å². The van der Waals surface area contributed by atoms with Gasteiger partial charge in [-0.3, -0.25) is 4.79 Å². The monoisotopic (exact) mass is 409 g/mol. The lowest BCUT2D eigenvalue weighted by Crippen LogP contribution is -2.11. The van der Waals surface area contributed by atoms with Gasteiger partial charge in [-0.1, -0.05) is 42.5 Å². The molecule has 0 unspecified atom stereocenters. The van der Waals surface area contributed by atoms with Gasteiger partial charge in [-0.2, -0.15) is 0 Å². The number of ether oxygens (including phenoxy) is 2. The summed E-state index contributed by atoms with van der Waals surface area (Å²) in [6.45, 7) is 2.58. The van der Waals surface area contributed by atoms with Crippen LogP contribution in [0.1, 0.15) is 17.3 Å². The van der Waals surface area contributed by atoms with Crippen LogP contribution in [0.25, 0.3) is 11.1 Å². The summed E-state index contributed by atoms with van der Waals surface area (Å²) in [6, 6.07) is 32.4. The fourth-order valence-electron chi connectivity index (χ4n) is 3.16. The van der Waals surface area contributed by atoms with E-state index in [1.807, 2.05) is 110 Å². The average Bonchev–Trinajstić information content (AvgIpc) is 2.82. The van der Waals surface area contributed by atoms with Crippen LogP contribution in [0.5, 0.6) is 17.2 Å². The highest BCUT2D eigenvalue weighted by Crippen LogP contribution is 2.25. The molecule has 0 aliphatic heterocycles. The largest absolute Gasteiger partial charge is 0.494 e. The Hall–Kier alpha value is -4.05. The second kappa shape index (κ2) is 9.63. The van der Waals surface area contributed by atoms with Crippen molar-refractivity contribution in [2.75, 3.05) is 11.9 Å². The molecule has 4 nitrogen and oxygen atoms in total. The molecule has 154 valence electrons. The Balaban J connectivity index is 1.36. The maximum Gasteiger partial charge on any atom is 0.255 e. The van der Waals surface area contributed by atoms with Crippen molar-refractivity contribution >= 4 is 11.6 Å². The molecule has 0 fully saturated rings. The molecule has 4 rings (SSSR count). The minimum absolute atomic E-state index is 0.153. The molecule has 1 N–H and O–H groups in total.